The first-order valence-electron chi connectivity index (χ1n) is 9.58. The third-order valence-electron chi connectivity index (χ3n) is 4.97. The molecule has 4 rings (SSSR count). The predicted octanol–water partition coefficient (Wildman–Crippen LogP) is 4.00. The number of aryl methyl sites for hydroxylation is 1. The second-order valence-corrected chi connectivity index (χ2v) is 8.32. The van der Waals surface area contributed by atoms with Crippen LogP contribution in [-0.4, -0.2) is 28.3 Å². The van der Waals surface area contributed by atoms with Crippen molar-refractivity contribution in [2.24, 2.45) is 0 Å². The first-order chi connectivity index (χ1) is 15.9. The Labute approximate surface area is 195 Å². The Bertz CT molecular complexity index is 1540. The number of pyridine rings is 1. The van der Waals surface area contributed by atoms with Gasteiger partial charge < -0.3 is 9.47 Å². The molecule has 0 bridgehead atoms. The van der Waals surface area contributed by atoms with Crippen molar-refractivity contribution in [2.45, 2.75) is 13.0 Å². The van der Waals surface area contributed by atoms with Crippen molar-refractivity contribution in [3.63, 3.8) is 0 Å². The molecule has 3 heterocycles. The molecular formula is C22H16ClFN4O4S. The number of thiophene rings is 1. The number of ether oxygens (including phenoxy) is 2. The van der Waals surface area contributed by atoms with Crippen molar-refractivity contribution in [3.8, 4) is 33.7 Å². The zero-order valence-corrected chi connectivity index (χ0v) is 19.0. The predicted molar refractivity (Wildman–Crippen MR) is 123 cm³/mol. The zero-order chi connectivity index (χ0) is 23.7. The molecule has 1 aromatic carbocycles. The number of rotatable bonds is 6. The van der Waals surface area contributed by atoms with Crippen LogP contribution < -0.4 is 20.7 Å². The molecule has 0 atom stereocenters. The molecule has 0 aliphatic carbocycles. The van der Waals surface area contributed by atoms with Crippen molar-refractivity contribution < 1.29 is 13.9 Å². The first kappa shape index (κ1) is 22.5. The summed E-state index contributed by atoms with van der Waals surface area (Å²) in [6.07, 6.45) is 2.89. The summed E-state index contributed by atoms with van der Waals surface area (Å²) in [5.41, 5.74) is -0.144. The number of halogens is 2. The number of aromatic nitrogens is 3. The molecule has 0 N–H and O–H groups in total. The maximum absolute atomic E-state index is 14.0. The summed E-state index contributed by atoms with van der Waals surface area (Å²) in [4.78, 5) is 31.3. The molecule has 0 aliphatic rings. The maximum Gasteiger partial charge on any atom is 0.336 e. The Morgan fingerprint density at radius 3 is 2.67 bits per heavy atom. The van der Waals surface area contributed by atoms with E-state index in [1.54, 1.807) is 6.07 Å². The summed E-state index contributed by atoms with van der Waals surface area (Å²) < 4.78 is 26.8. The zero-order valence-electron chi connectivity index (χ0n) is 17.5. The lowest BCUT2D eigenvalue weighted by molar-refractivity contribution is 0.387. The molecule has 3 aromatic heterocycles. The number of fused-ring (bicyclic) bond motifs is 1. The van der Waals surface area contributed by atoms with E-state index in [4.69, 9.17) is 26.3 Å². The van der Waals surface area contributed by atoms with Crippen LogP contribution in [0.4, 0.5) is 4.39 Å². The van der Waals surface area contributed by atoms with E-state index in [1.165, 1.54) is 43.3 Å². The van der Waals surface area contributed by atoms with E-state index >= 15 is 0 Å². The smallest absolute Gasteiger partial charge is 0.336 e. The lowest BCUT2D eigenvalue weighted by atomic mass is 10.1. The Hall–Kier alpha value is -3.68. The number of benzene rings is 1. The Morgan fingerprint density at radius 1 is 1.18 bits per heavy atom. The van der Waals surface area contributed by atoms with Gasteiger partial charge in [-0.3, -0.25) is 14.3 Å². The number of nitrogens with zero attached hydrogens (tertiary/aromatic N) is 4. The summed E-state index contributed by atoms with van der Waals surface area (Å²) in [5, 5.41) is 9.21. The minimum Gasteiger partial charge on any atom is -0.495 e. The monoisotopic (exact) mass is 486 g/mol. The fourth-order valence-electron chi connectivity index (χ4n) is 3.40. The minimum absolute atomic E-state index is 0.00593. The summed E-state index contributed by atoms with van der Waals surface area (Å²) in [6, 6.07) is 7.73. The molecule has 0 spiro atoms. The second-order valence-electron chi connectivity index (χ2n) is 6.86. The van der Waals surface area contributed by atoms with E-state index in [0.29, 0.717) is 21.7 Å². The van der Waals surface area contributed by atoms with Gasteiger partial charge in [-0.05, 0) is 18.2 Å². The van der Waals surface area contributed by atoms with Gasteiger partial charge in [-0.1, -0.05) is 11.6 Å². The van der Waals surface area contributed by atoms with Crippen LogP contribution in [0.1, 0.15) is 6.42 Å². The third kappa shape index (κ3) is 3.97. The standard InChI is InChI=1S/C22H16ClFN4O4S/c1-31-13-6-12(10-26-11-13)28-21(29)20-17(27(22(28)30)5-3-4-25)9-19(33-20)14-7-18(32-2)16(24)8-15(14)23/h6-11H,3,5H2,1-2H3. The lowest BCUT2D eigenvalue weighted by Gasteiger charge is -2.11. The van der Waals surface area contributed by atoms with E-state index < -0.39 is 17.1 Å². The molecule has 8 nitrogen and oxygen atoms in total. The summed E-state index contributed by atoms with van der Waals surface area (Å²) in [7, 11) is 2.78. The maximum atomic E-state index is 14.0. The number of methoxy groups -OCH3 is 2. The van der Waals surface area contributed by atoms with Crippen molar-refractivity contribution >= 4 is 33.2 Å². The van der Waals surface area contributed by atoms with E-state index in [9.17, 15) is 14.0 Å². The molecule has 0 saturated carbocycles. The average Bonchev–Trinajstić information content (AvgIpc) is 3.24. The van der Waals surface area contributed by atoms with Crippen LogP contribution in [0, 0.1) is 17.1 Å². The van der Waals surface area contributed by atoms with E-state index in [0.717, 1.165) is 22.0 Å². The average molecular weight is 487 g/mol. The van der Waals surface area contributed by atoms with E-state index in [-0.39, 0.29) is 34.1 Å². The molecule has 11 heteroatoms. The summed E-state index contributed by atoms with van der Waals surface area (Å²) >= 11 is 7.37. The molecule has 0 saturated heterocycles. The van der Waals surface area contributed by atoms with Crippen molar-refractivity contribution in [3.05, 3.63) is 68.3 Å². The highest BCUT2D eigenvalue weighted by molar-refractivity contribution is 7.22. The van der Waals surface area contributed by atoms with Gasteiger partial charge in [-0.2, -0.15) is 5.26 Å². The quantitative estimate of drug-likeness (QED) is 0.408. The normalized spacial score (nSPS) is 10.9. The van der Waals surface area contributed by atoms with Gasteiger partial charge in [0, 0.05) is 23.1 Å². The van der Waals surface area contributed by atoms with Crippen molar-refractivity contribution in [1.29, 1.82) is 5.26 Å². The Morgan fingerprint density at radius 2 is 1.97 bits per heavy atom. The minimum atomic E-state index is -0.620. The van der Waals surface area contributed by atoms with Crippen LogP contribution >= 0.6 is 22.9 Å². The van der Waals surface area contributed by atoms with Crippen LogP contribution in [0.25, 0.3) is 26.3 Å². The van der Waals surface area contributed by atoms with Gasteiger partial charge in [0.2, 0.25) is 0 Å². The Balaban J connectivity index is 2.03. The second kappa shape index (κ2) is 9.05. The molecule has 0 radical (unpaired) electrons. The topological polar surface area (TPSA) is 99.1 Å². The molecule has 4 aromatic rings. The van der Waals surface area contributed by atoms with Gasteiger partial charge >= 0.3 is 5.69 Å². The highest BCUT2D eigenvalue weighted by Gasteiger charge is 2.20. The van der Waals surface area contributed by atoms with E-state index in [2.05, 4.69) is 4.98 Å². The molecule has 0 amide bonds. The largest absolute Gasteiger partial charge is 0.495 e. The number of nitriles is 1. The molecule has 0 fully saturated rings. The highest BCUT2D eigenvalue weighted by atomic mass is 35.5. The Kier molecular flexibility index (Phi) is 6.18. The highest BCUT2D eigenvalue weighted by Crippen LogP contribution is 2.38. The fraction of sp³-hybridized carbons (Fsp3) is 0.182. The lowest BCUT2D eigenvalue weighted by Crippen LogP contribution is -2.38. The van der Waals surface area contributed by atoms with Crippen LogP contribution in [0.15, 0.2) is 46.2 Å². The van der Waals surface area contributed by atoms with Crippen LogP contribution in [0.5, 0.6) is 11.5 Å². The van der Waals surface area contributed by atoms with Crippen molar-refractivity contribution in [2.75, 3.05) is 14.2 Å². The number of hydrogen-bond donors (Lipinski definition) is 0. The molecule has 33 heavy (non-hydrogen) atoms. The van der Waals surface area contributed by atoms with Gasteiger partial charge in [-0.25, -0.2) is 13.8 Å². The van der Waals surface area contributed by atoms with Crippen molar-refractivity contribution in [1.82, 2.24) is 14.1 Å². The number of hydrogen-bond acceptors (Lipinski definition) is 7. The van der Waals surface area contributed by atoms with Gasteiger partial charge in [-0.15, -0.1) is 11.3 Å². The fourth-order valence-corrected chi connectivity index (χ4v) is 4.83. The molecule has 0 unspecified atom stereocenters. The molecular weight excluding hydrogens is 471 g/mol. The van der Waals surface area contributed by atoms with E-state index in [1.807, 2.05) is 6.07 Å². The third-order valence-corrected chi connectivity index (χ3v) is 6.43. The van der Waals surface area contributed by atoms with Gasteiger partial charge in [0.25, 0.3) is 5.56 Å². The summed E-state index contributed by atoms with van der Waals surface area (Å²) in [5.74, 6) is -0.251. The van der Waals surface area contributed by atoms with Gasteiger partial charge in [0.05, 0.1) is 55.3 Å². The first-order valence-corrected chi connectivity index (χ1v) is 10.8. The molecule has 0 aliphatic heterocycles. The van der Waals surface area contributed by atoms with Gasteiger partial charge in [0.15, 0.2) is 11.6 Å². The molecule has 168 valence electrons. The van der Waals surface area contributed by atoms with Gasteiger partial charge in [0.1, 0.15) is 10.4 Å². The van der Waals surface area contributed by atoms with Crippen LogP contribution in [-0.2, 0) is 6.54 Å². The summed E-state index contributed by atoms with van der Waals surface area (Å²) in [6.45, 7) is 0.0696. The SMILES string of the molecule is COc1cncc(-n2c(=O)c3sc(-c4cc(OC)c(F)cc4Cl)cc3n(CCC#N)c2=O)c1. The van der Waals surface area contributed by atoms with Crippen LogP contribution in [0.2, 0.25) is 5.02 Å². The van der Waals surface area contributed by atoms with Crippen LogP contribution in [0.3, 0.4) is 0 Å².